The molecule has 0 radical (unpaired) electrons. The Labute approximate surface area is 151 Å². The zero-order valence-electron chi connectivity index (χ0n) is 14.5. The predicted molar refractivity (Wildman–Crippen MR) is 99.5 cm³/mol. The molecule has 3 aromatic rings. The maximum Gasteiger partial charge on any atom is 0.217 e. The first-order chi connectivity index (χ1) is 12.4. The van der Waals surface area contributed by atoms with Gasteiger partial charge in [0.25, 0.3) is 0 Å². The second-order valence-electron chi connectivity index (χ2n) is 5.90. The molecule has 9 nitrogen and oxygen atoms in total. The molecular weight excluding hydrogens is 356 g/mol. The van der Waals surface area contributed by atoms with Crippen LogP contribution in [0.5, 0.6) is 0 Å². The van der Waals surface area contributed by atoms with Crippen molar-refractivity contribution in [3.05, 3.63) is 42.2 Å². The van der Waals surface area contributed by atoms with E-state index in [1.165, 1.54) is 0 Å². The summed E-state index contributed by atoms with van der Waals surface area (Å²) in [6.45, 7) is 0.594. The molecule has 0 saturated carbocycles. The predicted octanol–water partition coefficient (Wildman–Crippen LogP) is 1.22. The monoisotopic (exact) mass is 376 g/mol. The fraction of sp³-hybridized carbons (Fsp3) is 0.312. The lowest BCUT2D eigenvalue weighted by Crippen LogP contribution is -2.30. The summed E-state index contributed by atoms with van der Waals surface area (Å²) in [5, 5.41) is 15.5. The highest BCUT2D eigenvalue weighted by Gasteiger charge is 2.16. The number of anilines is 2. The molecule has 0 spiro atoms. The number of rotatable bonds is 8. The lowest BCUT2D eigenvalue weighted by atomic mass is 10.2. The molecule has 10 heteroatoms. The summed E-state index contributed by atoms with van der Waals surface area (Å²) in [6.07, 6.45) is 1.65. The molecule has 0 aliphatic heterocycles. The fourth-order valence-corrected chi connectivity index (χ4v) is 3.44. The van der Waals surface area contributed by atoms with Crippen LogP contribution in [0.25, 0.3) is 11.0 Å². The molecule has 0 unspecified atom stereocenters. The second kappa shape index (κ2) is 7.67. The molecule has 0 bridgehead atoms. The van der Waals surface area contributed by atoms with Gasteiger partial charge in [0.05, 0.1) is 11.9 Å². The van der Waals surface area contributed by atoms with Gasteiger partial charge in [0.1, 0.15) is 11.4 Å². The van der Waals surface area contributed by atoms with Crippen LogP contribution in [0.15, 0.2) is 41.1 Å². The van der Waals surface area contributed by atoms with E-state index in [2.05, 4.69) is 25.4 Å². The summed E-state index contributed by atoms with van der Waals surface area (Å²) < 4.78 is 32.2. The van der Waals surface area contributed by atoms with Crippen molar-refractivity contribution in [2.24, 2.45) is 0 Å². The Hall–Kier alpha value is -2.72. The first kappa shape index (κ1) is 18.1. The van der Waals surface area contributed by atoms with E-state index in [1.54, 1.807) is 18.3 Å². The van der Waals surface area contributed by atoms with Gasteiger partial charge in [-0.25, -0.2) is 13.1 Å². The van der Waals surface area contributed by atoms with E-state index in [0.717, 1.165) is 5.69 Å². The van der Waals surface area contributed by atoms with Crippen molar-refractivity contribution in [2.75, 3.05) is 37.4 Å². The Morgan fingerprint density at radius 3 is 2.81 bits per heavy atom. The van der Waals surface area contributed by atoms with Crippen LogP contribution < -0.4 is 14.9 Å². The molecule has 0 saturated heterocycles. The van der Waals surface area contributed by atoms with E-state index < -0.39 is 10.0 Å². The number of para-hydroxylation sites is 1. The maximum atomic E-state index is 12.2. The molecule has 0 aliphatic rings. The molecule has 3 rings (SSSR count). The maximum absolute atomic E-state index is 12.2. The van der Waals surface area contributed by atoms with E-state index in [0.29, 0.717) is 29.0 Å². The van der Waals surface area contributed by atoms with Crippen LogP contribution in [0.4, 0.5) is 11.5 Å². The number of hydrogen-bond acceptors (Lipinski definition) is 8. The minimum absolute atomic E-state index is 0.214. The van der Waals surface area contributed by atoms with Crippen molar-refractivity contribution in [3.8, 4) is 0 Å². The average molecular weight is 376 g/mol. The summed E-state index contributed by atoms with van der Waals surface area (Å²) >= 11 is 0. The summed E-state index contributed by atoms with van der Waals surface area (Å²) in [6, 6.07) is 9.00. The normalized spacial score (nSPS) is 11.6. The summed E-state index contributed by atoms with van der Waals surface area (Å²) in [4.78, 5) is 1.91. The van der Waals surface area contributed by atoms with Gasteiger partial charge in [-0.1, -0.05) is 17.3 Å². The molecule has 2 aromatic heterocycles. The highest BCUT2D eigenvalue weighted by molar-refractivity contribution is 7.88. The molecule has 0 atom stereocenters. The SMILES string of the molecule is CN(C)c1cnnc(NCCNS(=O)(=O)Cc2noc3ccccc23)c1. The Kier molecular flexibility index (Phi) is 5.33. The first-order valence-corrected chi connectivity index (χ1v) is 9.64. The van der Waals surface area contributed by atoms with E-state index in [-0.39, 0.29) is 12.3 Å². The Balaban J connectivity index is 1.53. The second-order valence-corrected chi connectivity index (χ2v) is 7.71. The van der Waals surface area contributed by atoms with E-state index in [9.17, 15) is 8.42 Å². The minimum atomic E-state index is -3.53. The third kappa shape index (κ3) is 4.46. The van der Waals surface area contributed by atoms with Gasteiger partial charge < -0.3 is 14.7 Å². The molecule has 26 heavy (non-hydrogen) atoms. The zero-order chi connectivity index (χ0) is 18.6. The number of nitrogens with one attached hydrogen (secondary N) is 2. The largest absolute Gasteiger partial charge is 0.376 e. The molecule has 0 fully saturated rings. The van der Waals surface area contributed by atoms with Crippen LogP contribution in [-0.4, -0.2) is 51.0 Å². The van der Waals surface area contributed by atoms with Crippen LogP contribution >= 0.6 is 0 Å². The number of fused-ring (bicyclic) bond motifs is 1. The Morgan fingerprint density at radius 2 is 2.00 bits per heavy atom. The van der Waals surface area contributed by atoms with Gasteiger partial charge in [0.15, 0.2) is 11.4 Å². The topological polar surface area (TPSA) is 113 Å². The van der Waals surface area contributed by atoms with Gasteiger partial charge in [-0.05, 0) is 12.1 Å². The van der Waals surface area contributed by atoms with Crippen LogP contribution in [0.1, 0.15) is 5.69 Å². The van der Waals surface area contributed by atoms with Crippen molar-refractivity contribution < 1.29 is 12.9 Å². The summed E-state index contributed by atoms with van der Waals surface area (Å²) in [5.41, 5.74) is 1.87. The highest BCUT2D eigenvalue weighted by atomic mass is 32.2. The average Bonchev–Trinajstić information content (AvgIpc) is 3.01. The van der Waals surface area contributed by atoms with Crippen LogP contribution in [0, 0.1) is 0 Å². The first-order valence-electron chi connectivity index (χ1n) is 7.99. The van der Waals surface area contributed by atoms with E-state index in [4.69, 9.17) is 4.52 Å². The molecule has 2 heterocycles. The van der Waals surface area contributed by atoms with Crippen molar-refractivity contribution in [1.82, 2.24) is 20.1 Å². The summed E-state index contributed by atoms with van der Waals surface area (Å²) in [5.74, 6) is 0.345. The Bertz CT molecular complexity index is 986. The zero-order valence-corrected chi connectivity index (χ0v) is 15.3. The molecule has 2 N–H and O–H groups in total. The van der Waals surface area contributed by atoms with Crippen molar-refractivity contribution in [3.63, 3.8) is 0 Å². The van der Waals surface area contributed by atoms with Gasteiger partial charge in [0.2, 0.25) is 10.0 Å². The Morgan fingerprint density at radius 1 is 1.19 bits per heavy atom. The minimum Gasteiger partial charge on any atom is -0.376 e. The van der Waals surface area contributed by atoms with E-state index >= 15 is 0 Å². The van der Waals surface area contributed by atoms with Crippen LogP contribution in [0.2, 0.25) is 0 Å². The van der Waals surface area contributed by atoms with Crippen LogP contribution in [0.3, 0.4) is 0 Å². The molecule has 0 aliphatic carbocycles. The number of sulfonamides is 1. The fourth-order valence-electron chi connectivity index (χ4n) is 2.36. The molecule has 1 aromatic carbocycles. The quantitative estimate of drug-likeness (QED) is 0.564. The number of benzene rings is 1. The van der Waals surface area contributed by atoms with Crippen molar-refractivity contribution in [1.29, 1.82) is 0 Å². The third-order valence-corrected chi connectivity index (χ3v) is 4.99. The van der Waals surface area contributed by atoms with Gasteiger partial charge >= 0.3 is 0 Å². The van der Waals surface area contributed by atoms with Gasteiger partial charge in [-0.2, -0.15) is 5.10 Å². The van der Waals surface area contributed by atoms with Crippen LogP contribution in [-0.2, 0) is 15.8 Å². The smallest absolute Gasteiger partial charge is 0.217 e. The summed E-state index contributed by atoms with van der Waals surface area (Å²) in [7, 11) is 0.282. The highest BCUT2D eigenvalue weighted by Crippen LogP contribution is 2.19. The molecular formula is C16H20N6O3S. The van der Waals surface area contributed by atoms with Gasteiger partial charge in [-0.3, -0.25) is 0 Å². The van der Waals surface area contributed by atoms with Crippen molar-refractivity contribution >= 4 is 32.5 Å². The van der Waals surface area contributed by atoms with E-state index in [1.807, 2.05) is 37.2 Å². The number of hydrogen-bond donors (Lipinski definition) is 2. The van der Waals surface area contributed by atoms with Crippen molar-refractivity contribution in [2.45, 2.75) is 5.75 Å². The molecule has 0 amide bonds. The lowest BCUT2D eigenvalue weighted by molar-refractivity contribution is 0.448. The third-order valence-electron chi connectivity index (χ3n) is 3.69. The number of nitrogens with zero attached hydrogens (tertiary/aromatic N) is 4. The molecule has 138 valence electrons. The lowest BCUT2D eigenvalue weighted by Gasteiger charge is -2.13. The van der Waals surface area contributed by atoms with Gasteiger partial charge in [-0.15, -0.1) is 5.10 Å². The number of aromatic nitrogens is 3. The standard InChI is InChI=1S/C16H20N6O3S/c1-22(2)12-9-16(20-18-10-12)17-7-8-19-26(23,24)11-14-13-5-3-4-6-15(13)25-21-14/h3-6,9-10,19H,7-8,11H2,1-2H3,(H,17,20). The van der Waals surface area contributed by atoms with Gasteiger partial charge in [0, 0.05) is 38.6 Å².